The Morgan fingerprint density at radius 3 is 2.50 bits per heavy atom. The first kappa shape index (κ1) is 14.8. The molecule has 0 spiro atoms. The third-order valence-corrected chi connectivity index (χ3v) is 3.43. The molecular formula is C15H19ClN4. The van der Waals surface area contributed by atoms with E-state index in [-0.39, 0.29) is 6.04 Å². The molecule has 2 heterocycles. The number of halogens is 1. The molecule has 5 heteroatoms. The Hall–Kier alpha value is -1.65. The zero-order valence-corrected chi connectivity index (χ0v) is 12.6. The average molecular weight is 291 g/mol. The first-order valence-electron chi connectivity index (χ1n) is 6.58. The highest BCUT2D eigenvalue weighted by Gasteiger charge is 2.13. The molecule has 1 atom stereocenters. The summed E-state index contributed by atoms with van der Waals surface area (Å²) in [7, 11) is 0. The molecule has 0 amide bonds. The number of rotatable bonds is 4. The largest absolute Gasteiger partial charge is 0.338 e. The van der Waals surface area contributed by atoms with Crippen molar-refractivity contribution in [3.05, 3.63) is 46.9 Å². The van der Waals surface area contributed by atoms with E-state index in [4.69, 9.17) is 17.3 Å². The smallest absolute Gasteiger partial charge is 0.149 e. The minimum Gasteiger partial charge on any atom is -0.338 e. The van der Waals surface area contributed by atoms with Gasteiger partial charge in [0.05, 0.1) is 16.9 Å². The maximum Gasteiger partial charge on any atom is 0.149 e. The Labute approximate surface area is 124 Å². The minimum absolute atomic E-state index is 0.0601. The van der Waals surface area contributed by atoms with E-state index in [9.17, 15) is 0 Å². The number of hydrogen-bond acceptors (Lipinski definition) is 4. The van der Waals surface area contributed by atoms with Gasteiger partial charge in [0.15, 0.2) is 0 Å². The summed E-state index contributed by atoms with van der Waals surface area (Å²) in [5, 5.41) is 3.70. The van der Waals surface area contributed by atoms with E-state index in [1.54, 1.807) is 12.4 Å². The SMILES string of the molecule is Cc1ccc(Nc2ncc([C@H](N)C(C)C)cc2Cl)cn1. The molecule has 0 radical (unpaired) electrons. The number of nitrogens with one attached hydrogen (secondary N) is 1. The van der Waals surface area contributed by atoms with Crippen molar-refractivity contribution >= 4 is 23.1 Å². The summed E-state index contributed by atoms with van der Waals surface area (Å²) < 4.78 is 0. The van der Waals surface area contributed by atoms with Gasteiger partial charge in [-0.2, -0.15) is 0 Å². The third-order valence-electron chi connectivity index (χ3n) is 3.14. The maximum absolute atomic E-state index is 6.26. The molecule has 2 rings (SSSR count). The normalized spacial score (nSPS) is 12.5. The van der Waals surface area contributed by atoms with Crippen LogP contribution < -0.4 is 11.1 Å². The van der Waals surface area contributed by atoms with Crippen LogP contribution in [0, 0.1) is 12.8 Å². The molecule has 0 aromatic carbocycles. The van der Waals surface area contributed by atoms with Crippen LogP contribution in [0.15, 0.2) is 30.6 Å². The average Bonchev–Trinajstić information content (AvgIpc) is 2.42. The van der Waals surface area contributed by atoms with Gasteiger partial charge >= 0.3 is 0 Å². The Kier molecular flexibility index (Phi) is 4.57. The Morgan fingerprint density at radius 1 is 1.20 bits per heavy atom. The predicted molar refractivity (Wildman–Crippen MR) is 83.3 cm³/mol. The number of aryl methyl sites for hydroxylation is 1. The molecule has 0 saturated heterocycles. The van der Waals surface area contributed by atoms with Gasteiger partial charge in [-0.3, -0.25) is 4.98 Å². The van der Waals surface area contributed by atoms with Gasteiger partial charge in [-0.05, 0) is 36.6 Å². The van der Waals surface area contributed by atoms with Gasteiger partial charge in [0, 0.05) is 17.9 Å². The number of pyridine rings is 2. The molecule has 0 aliphatic carbocycles. The molecule has 106 valence electrons. The number of nitrogens with two attached hydrogens (primary N) is 1. The van der Waals surface area contributed by atoms with E-state index < -0.39 is 0 Å². The number of aromatic nitrogens is 2. The molecule has 2 aromatic heterocycles. The summed E-state index contributed by atoms with van der Waals surface area (Å²) in [4.78, 5) is 8.57. The molecule has 0 fully saturated rings. The highest BCUT2D eigenvalue weighted by atomic mass is 35.5. The van der Waals surface area contributed by atoms with Crippen molar-refractivity contribution in [1.82, 2.24) is 9.97 Å². The highest BCUT2D eigenvalue weighted by molar-refractivity contribution is 6.33. The standard InChI is InChI=1S/C15H19ClN4/c1-9(2)14(17)11-6-13(16)15(19-7-11)20-12-5-4-10(3)18-8-12/h4-9,14H,17H2,1-3H3,(H,19,20)/t14-/m1/s1. The lowest BCUT2D eigenvalue weighted by molar-refractivity contribution is 0.513. The fourth-order valence-corrected chi connectivity index (χ4v) is 2.01. The van der Waals surface area contributed by atoms with Crippen LogP contribution in [0.5, 0.6) is 0 Å². The quantitative estimate of drug-likeness (QED) is 0.898. The molecule has 4 nitrogen and oxygen atoms in total. The van der Waals surface area contributed by atoms with E-state index in [1.165, 1.54) is 0 Å². The first-order valence-corrected chi connectivity index (χ1v) is 6.96. The zero-order chi connectivity index (χ0) is 14.7. The van der Waals surface area contributed by atoms with Gasteiger partial charge < -0.3 is 11.1 Å². The fourth-order valence-electron chi connectivity index (χ4n) is 1.79. The second kappa shape index (κ2) is 6.20. The summed E-state index contributed by atoms with van der Waals surface area (Å²) >= 11 is 6.26. The topological polar surface area (TPSA) is 63.8 Å². The van der Waals surface area contributed by atoms with Crippen molar-refractivity contribution in [1.29, 1.82) is 0 Å². The van der Waals surface area contributed by atoms with Crippen LogP contribution >= 0.6 is 11.6 Å². The van der Waals surface area contributed by atoms with Gasteiger partial charge in [-0.15, -0.1) is 0 Å². The predicted octanol–water partition coefficient (Wildman–Crippen LogP) is 3.84. The Bertz CT molecular complexity index is 581. The summed E-state index contributed by atoms with van der Waals surface area (Å²) in [6, 6.07) is 5.67. The molecule has 0 bridgehead atoms. The van der Waals surface area contributed by atoms with Crippen LogP contribution in [0.4, 0.5) is 11.5 Å². The van der Waals surface area contributed by atoms with E-state index >= 15 is 0 Å². The van der Waals surface area contributed by atoms with Crippen LogP contribution in [0.1, 0.15) is 31.1 Å². The van der Waals surface area contributed by atoms with E-state index in [1.807, 2.05) is 25.1 Å². The maximum atomic E-state index is 6.26. The van der Waals surface area contributed by atoms with Crippen molar-refractivity contribution in [2.24, 2.45) is 11.7 Å². The van der Waals surface area contributed by atoms with Crippen LogP contribution in [0.25, 0.3) is 0 Å². The molecule has 0 saturated carbocycles. The third kappa shape index (κ3) is 3.46. The fraction of sp³-hybridized carbons (Fsp3) is 0.333. The van der Waals surface area contributed by atoms with Crippen molar-refractivity contribution in [3.63, 3.8) is 0 Å². The minimum atomic E-state index is -0.0601. The van der Waals surface area contributed by atoms with Crippen LogP contribution in [0.2, 0.25) is 5.02 Å². The van der Waals surface area contributed by atoms with Crippen molar-refractivity contribution in [3.8, 4) is 0 Å². The molecule has 0 aliphatic rings. The summed E-state index contributed by atoms with van der Waals surface area (Å²) in [6.45, 7) is 6.09. The van der Waals surface area contributed by atoms with Crippen molar-refractivity contribution < 1.29 is 0 Å². The van der Waals surface area contributed by atoms with Gasteiger partial charge in [-0.1, -0.05) is 25.4 Å². The molecule has 0 unspecified atom stereocenters. The van der Waals surface area contributed by atoms with Gasteiger partial charge in [-0.25, -0.2) is 4.98 Å². The first-order chi connectivity index (χ1) is 9.47. The highest BCUT2D eigenvalue weighted by Crippen LogP contribution is 2.27. The summed E-state index contributed by atoms with van der Waals surface area (Å²) in [5.74, 6) is 0.949. The molecule has 0 aliphatic heterocycles. The van der Waals surface area contributed by atoms with Gasteiger partial charge in [0.2, 0.25) is 0 Å². The second-order valence-corrected chi connectivity index (χ2v) is 5.59. The van der Waals surface area contributed by atoms with Crippen LogP contribution in [0.3, 0.4) is 0 Å². The Morgan fingerprint density at radius 2 is 1.95 bits per heavy atom. The van der Waals surface area contributed by atoms with Crippen LogP contribution in [-0.4, -0.2) is 9.97 Å². The molecular weight excluding hydrogens is 272 g/mol. The molecule has 3 N–H and O–H groups in total. The lowest BCUT2D eigenvalue weighted by atomic mass is 9.99. The van der Waals surface area contributed by atoms with E-state index in [2.05, 4.69) is 29.1 Å². The van der Waals surface area contributed by atoms with E-state index in [0.29, 0.717) is 16.8 Å². The van der Waals surface area contributed by atoms with Gasteiger partial charge in [0.1, 0.15) is 5.82 Å². The number of anilines is 2. The molecule has 20 heavy (non-hydrogen) atoms. The van der Waals surface area contributed by atoms with E-state index in [0.717, 1.165) is 16.9 Å². The monoisotopic (exact) mass is 290 g/mol. The van der Waals surface area contributed by atoms with Crippen LogP contribution in [-0.2, 0) is 0 Å². The van der Waals surface area contributed by atoms with Crippen molar-refractivity contribution in [2.75, 3.05) is 5.32 Å². The van der Waals surface area contributed by atoms with Gasteiger partial charge in [0.25, 0.3) is 0 Å². The molecule has 2 aromatic rings. The summed E-state index contributed by atoms with van der Waals surface area (Å²) in [6.07, 6.45) is 3.52. The lowest BCUT2D eigenvalue weighted by Gasteiger charge is -2.17. The Balaban J connectivity index is 2.19. The summed E-state index contributed by atoms with van der Waals surface area (Å²) in [5.41, 5.74) is 8.86. The lowest BCUT2D eigenvalue weighted by Crippen LogP contribution is -2.17. The number of nitrogens with zero attached hydrogens (tertiary/aromatic N) is 2. The number of hydrogen-bond donors (Lipinski definition) is 2. The second-order valence-electron chi connectivity index (χ2n) is 5.18. The van der Waals surface area contributed by atoms with Crippen molar-refractivity contribution in [2.45, 2.75) is 26.8 Å². The zero-order valence-electron chi connectivity index (χ0n) is 11.9.